The Hall–Kier alpha value is -6.64. The summed E-state index contributed by atoms with van der Waals surface area (Å²) >= 11 is 1.76. The van der Waals surface area contributed by atoms with Gasteiger partial charge in [0.1, 0.15) is 0 Å². The van der Waals surface area contributed by atoms with Crippen LogP contribution < -0.4 is 0 Å². The quantitative estimate of drug-likeness (QED) is 0.177. The molecule has 0 N–H and O–H groups in total. The van der Waals surface area contributed by atoms with Crippen molar-refractivity contribution >= 4 is 53.3 Å². The van der Waals surface area contributed by atoms with Crippen LogP contribution in [0, 0.1) is 6.92 Å². The summed E-state index contributed by atoms with van der Waals surface area (Å²) in [4.78, 5) is 15.1. The van der Waals surface area contributed by atoms with Gasteiger partial charge in [0.25, 0.3) is 0 Å². The van der Waals surface area contributed by atoms with E-state index >= 15 is 0 Å². The highest BCUT2D eigenvalue weighted by Crippen LogP contribution is 2.42. The summed E-state index contributed by atoms with van der Waals surface area (Å²) in [5.41, 5.74) is 6.37. The van der Waals surface area contributed by atoms with Gasteiger partial charge in [-0.3, -0.25) is 0 Å². The van der Waals surface area contributed by atoms with Gasteiger partial charge in [-0.1, -0.05) is 109 Å². The first-order valence-electron chi connectivity index (χ1n) is 17.8. The molecular formula is C47H29F3N4S. The second-order valence-electron chi connectivity index (χ2n) is 13.7. The molecule has 0 unspecified atom stereocenters. The Morgan fingerprint density at radius 3 is 1.76 bits per heavy atom. The first kappa shape index (κ1) is 33.0. The van der Waals surface area contributed by atoms with Crippen LogP contribution in [0.2, 0.25) is 0 Å². The maximum Gasteiger partial charge on any atom is 0.416 e. The Kier molecular flexibility index (Phi) is 7.64. The van der Waals surface area contributed by atoms with Crippen LogP contribution in [-0.2, 0) is 6.18 Å². The Bertz CT molecular complexity index is 3040. The topological polar surface area (TPSA) is 43.6 Å². The summed E-state index contributed by atoms with van der Waals surface area (Å²) in [6.45, 7) is 1.99. The minimum absolute atomic E-state index is 0.404. The van der Waals surface area contributed by atoms with E-state index in [0.717, 1.165) is 50.2 Å². The fourth-order valence-electron chi connectivity index (χ4n) is 7.49. The molecule has 7 aromatic carbocycles. The van der Waals surface area contributed by atoms with E-state index in [-0.39, 0.29) is 0 Å². The molecule has 0 spiro atoms. The number of thiophene rings is 1. The Balaban J connectivity index is 1.29. The van der Waals surface area contributed by atoms with Crippen molar-refractivity contribution in [3.8, 4) is 51.0 Å². The van der Waals surface area contributed by atoms with Gasteiger partial charge in [0, 0.05) is 47.6 Å². The number of halogens is 3. The second-order valence-corrected chi connectivity index (χ2v) is 14.7. The molecule has 10 rings (SSSR count). The maximum absolute atomic E-state index is 14.3. The number of hydrogen-bond donors (Lipinski definition) is 0. The molecule has 0 radical (unpaired) electrons. The van der Waals surface area contributed by atoms with Gasteiger partial charge in [0.2, 0.25) is 0 Å². The minimum Gasteiger partial charge on any atom is -0.308 e. The van der Waals surface area contributed by atoms with Crippen LogP contribution in [0.4, 0.5) is 13.2 Å². The SMILES string of the molecule is Cc1ccc2c3ccc(C(F)(F)F)cc3n(-c3ccc(-c4ccc5sc6ccccc6c5c4)cc3-c3nc(-c4ccccc4)nc(-c4ccccc4)n3)c2c1. The van der Waals surface area contributed by atoms with Crippen molar-refractivity contribution in [2.75, 3.05) is 0 Å². The average molecular weight is 739 g/mol. The van der Waals surface area contributed by atoms with Crippen molar-refractivity contribution in [2.24, 2.45) is 0 Å². The number of fused-ring (bicyclic) bond motifs is 6. The van der Waals surface area contributed by atoms with E-state index in [1.165, 1.54) is 26.2 Å². The number of aromatic nitrogens is 4. The fourth-order valence-corrected chi connectivity index (χ4v) is 8.58. The summed E-state index contributed by atoms with van der Waals surface area (Å²) < 4.78 is 47.3. The highest BCUT2D eigenvalue weighted by Gasteiger charge is 2.31. The third kappa shape index (κ3) is 5.73. The summed E-state index contributed by atoms with van der Waals surface area (Å²) in [6.07, 6.45) is -4.52. The number of nitrogens with zero attached hydrogens (tertiary/aromatic N) is 4. The van der Waals surface area contributed by atoms with E-state index in [9.17, 15) is 13.2 Å². The standard InChI is InChI=1S/C47H29F3N4S/c1-28-16-20-34-35-21-19-33(47(48,49)50)27-41(35)54(40(34)24-28)39-22-17-31(32-18-23-43-37(25-32)36-14-8-9-15-42(36)55-43)26-38(39)46-52-44(29-10-4-2-5-11-29)51-45(53-46)30-12-6-3-7-13-30/h2-27H,1H3. The molecule has 0 saturated carbocycles. The lowest BCUT2D eigenvalue weighted by Gasteiger charge is -2.17. The molecule has 3 aromatic heterocycles. The molecule has 0 aliphatic heterocycles. The number of rotatable bonds is 5. The molecule has 0 fully saturated rings. The van der Waals surface area contributed by atoms with E-state index in [1.54, 1.807) is 17.4 Å². The fraction of sp³-hybridized carbons (Fsp3) is 0.0426. The van der Waals surface area contributed by atoms with Gasteiger partial charge in [-0.2, -0.15) is 13.2 Å². The van der Waals surface area contributed by atoms with Crippen LogP contribution in [0.1, 0.15) is 11.1 Å². The molecule has 4 nitrogen and oxygen atoms in total. The van der Waals surface area contributed by atoms with Gasteiger partial charge >= 0.3 is 6.18 Å². The van der Waals surface area contributed by atoms with Crippen molar-refractivity contribution in [3.05, 3.63) is 169 Å². The van der Waals surface area contributed by atoms with E-state index in [4.69, 9.17) is 15.0 Å². The largest absolute Gasteiger partial charge is 0.416 e. The van der Waals surface area contributed by atoms with Crippen LogP contribution >= 0.6 is 11.3 Å². The predicted octanol–water partition coefficient (Wildman–Crippen LogP) is 13.3. The van der Waals surface area contributed by atoms with Gasteiger partial charge in [-0.05, 0) is 72.1 Å². The number of benzene rings is 7. The zero-order valence-electron chi connectivity index (χ0n) is 29.3. The number of aryl methyl sites for hydroxylation is 1. The summed E-state index contributed by atoms with van der Waals surface area (Å²) in [5, 5.41) is 3.93. The Morgan fingerprint density at radius 2 is 1.05 bits per heavy atom. The molecule has 0 aliphatic rings. The predicted molar refractivity (Wildman–Crippen MR) is 219 cm³/mol. The van der Waals surface area contributed by atoms with Gasteiger partial charge in [0.05, 0.1) is 22.3 Å². The zero-order valence-corrected chi connectivity index (χ0v) is 30.2. The van der Waals surface area contributed by atoms with E-state index in [2.05, 4.69) is 48.5 Å². The van der Waals surface area contributed by atoms with E-state index in [0.29, 0.717) is 34.2 Å². The van der Waals surface area contributed by atoms with Crippen LogP contribution in [-0.4, -0.2) is 19.5 Å². The first-order valence-corrected chi connectivity index (χ1v) is 18.7. The molecule has 0 atom stereocenters. The lowest BCUT2D eigenvalue weighted by atomic mass is 9.99. The van der Waals surface area contributed by atoms with Crippen molar-refractivity contribution in [1.82, 2.24) is 19.5 Å². The van der Waals surface area contributed by atoms with Crippen molar-refractivity contribution in [3.63, 3.8) is 0 Å². The van der Waals surface area contributed by atoms with Crippen LogP contribution in [0.5, 0.6) is 0 Å². The van der Waals surface area contributed by atoms with Crippen molar-refractivity contribution < 1.29 is 13.2 Å². The molecule has 0 aliphatic carbocycles. The van der Waals surface area contributed by atoms with Crippen LogP contribution in [0.25, 0.3) is 93.0 Å². The van der Waals surface area contributed by atoms with Crippen LogP contribution in [0.3, 0.4) is 0 Å². The third-order valence-corrected chi connectivity index (χ3v) is 11.3. The molecule has 10 aromatic rings. The molecule has 264 valence electrons. The van der Waals surface area contributed by atoms with Crippen molar-refractivity contribution in [2.45, 2.75) is 13.1 Å². The molecule has 0 amide bonds. The monoisotopic (exact) mass is 738 g/mol. The highest BCUT2D eigenvalue weighted by molar-refractivity contribution is 7.25. The normalized spacial score (nSPS) is 12.0. The second kappa shape index (κ2) is 12.7. The summed E-state index contributed by atoms with van der Waals surface area (Å²) in [6, 6.07) is 50.4. The summed E-state index contributed by atoms with van der Waals surface area (Å²) in [5.74, 6) is 1.38. The molecule has 0 bridgehead atoms. The Labute approximate surface area is 317 Å². The number of alkyl halides is 3. The zero-order chi connectivity index (χ0) is 37.3. The smallest absolute Gasteiger partial charge is 0.308 e. The number of hydrogen-bond acceptors (Lipinski definition) is 4. The first-order chi connectivity index (χ1) is 26.8. The Morgan fingerprint density at radius 1 is 0.473 bits per heavy atom. The highest BCUT2D eigenvalue weighted by atomic mass is 32.1. The van der Waals surface area contributed by atoms with Gasteiger partial charge in [0.15, 0.2) is 17.5 Å². The van der Waals surface area contributed by atoms with E-state index < -0.39 is 11.7 Å². The van der Waals surface area contributed by atoms with E-state index in [1.807, 2.05) is 102 Å². The molecule has 55 heavy (non-hydrogen) atoms. The van der Waals surface area contributed by atoms with Crippen LogP contribution in [0.15, 0.2) is 158 Å². The molecule has 8 heteroatoms. The minimum atomic E-state index is -4.52. The van der Waals surface area contributed by atoms with Gasteiger partial charge < -0.3 is 4.57 Å². The molecule has 0 saturated heterocycles. The molecule has 3 heterocycles. The maximum atomic E-state index is 14.3. The lowest BCUT2D eigenvalue weighted by Crippen LogP contribution is -2.06. The third-order valence-electron chi connectivity index (χ3n) is 10.1. The van der Waals surface area contributed by atoms with Gasteiger partial charge in [-0.15, -0.1) is 11.3 Å². The van der Waals surface area contributed by atoms with Crippen molar-refractivity contribution in [1.29, 1.82) is 0 Å². The lowest BCUT2D eigenvalue weighted by molar-refractivity contribution is -0.137. The summed E-state index contributed by atoms with van der Waals surface area (Å²) in [7, 11) is 0. The average Bonchev–Trinajstić information content (AvgIpc) is 3.75. The van der Waals surface area contributed by atoms with Gasteiger partial charge in [-0.25, -0.2) is 15.0 Å². The molecular weight excluding hydrogens is 710 g/mol.